The number of amides is 1. The first kappa shape index (κ1) is 21.4. The van der Waals surface area contributed by atoms with Crippen LogP contribution in [0.25, 0.3) is 22.5 Å². The van der Waals surface area contributed by atoms with Crippen LogP contribution in [0.1, 0.15) is 12.8 Å². The van der Waals surface area contributed by atoms with E-state index in [-0.39, 0.29) is 11.3 Å². The van der Waals surface area contributed by atoms with Crippen molar-refractivity contribution in [1.82, 2.24) is 24.9 Å². The molecule has 0 aliphatic heterocycles. The van der Waals surface area contributed by atoms with Crippen molar-refractivity contribution < 1.29 is 13.2 Å². The Morgan fingerprint density at radius 2 is 1.41 bits per heavy atom. The molecule has 9 heteroatoms. The lowest BCUT2D eigenvalue weighted by molar-refractivity contribution is -0.119. The monoisotopic (exact) mass is 447 g/mol. The van der Waals surface area contributed by atoms with Crippen LogP contribution in [0.15, 0.2) is 89.8 Å². The molecule has 0 spiro atoms. The summed E-state index contributed by atoms with van der Waals surface area (Å²) < 4.78 is 27.1. The average molecular weight is 448 g/mol. The Balaban J connectivity index is 1.30. The first-order valence-corrected chi connectivity index (χ1v) is 11.5. The van der Waals surface area contributed by atoms with Crippen molar-refractivity contribution in [2.24, 2.45) is 0 Å². The highest BCUT2D eigenvalue weighted by molar-refractivity contribution is 7.90. The van der Waals surface area contributed by atoms with E-state index in [2.05, 4.69) is 20.1 Å². The van der Waals surface area contributed by atoms with Crippen LogP contribution in [0.3, 0.4) is 0 Å². The summed E-state index contributed by atoms with van der Waals surface area (Å²) in [6, 6.07) is 25.5. The Labute approximate surface area is 186 Å². The molecule has 0 fully saturated rings. The van der Waals surface area contributed by atoms with E-state index in [0.717, 1.165) is 16.7 Å². The Kier molecular flexibility index (Phi) is 6.37. The zero-order valence-corrected chi connectivity index (χ0v) is 17.9. The summed E-state index contributed by atoms with van der Waals surface area (Å²) in [4.78, 5) is 13.6. The number of carbonyl (C=O) groups excluding carboxylic acids is 1. The van der Waals surface area contributed by atoms with Crippen molar-refractivity contribution >= 4 is 15.9 Å². The van der Waals surface area contributed by atoms with Crippen LogP contribution in [0.2, 0.25) is 0 Å². The van der Waals surface area contributed by atoms with Gasteiger partial charge in [-0.2, -0.15) is 4.80 Å². The second-order valence-electron chi connectivity index (χ2n) is 7.10. The predicted molar refractivity (Wildman–Crippen MR) is 120 cm³/mol. The van der Waals surface area contributed by atoms with Gasteiger partial charge in [-0.15, -0.1) is 10.2 Å². The van der Waals surface area contributed by atoms with Gasteiger partial charge < -0.3 is 0 Å². The van der Waals surface area contributed by atoms with Crippen LogP contribution >= 0.6 is 0 Å². The average Bonchev–Trinajstić information content (AvgIpc) is 3.29. The normalized spacial score (nSPS) is 11.2. The first-order chi connectivity index (χ1) is 15.5. The van der Waals surface area contributed by atoms with Crippen LogP contribution in [-0.2, 0) is 21.4 Å². The number of hydrogen-bond donors (Lipinski definition) is 1. The van der Waals surface area contributed by atoms with Crippen LogP contribution in [0.5, 0.6) is 0 Å². The maximum absolute atomic E-state index is 12.5. The zero-order valence-electron chi connectivity index (χ0n) is 17.1. The number of nitrogens with zero attached hydrogens (tertiary/aromatic N) is 4. The second-order valence-corrected chi connectivity index (χ2v) is 8.78. The first-order valence-electron chi connectivity index (χ1n) is 10.1. The van der Waals surface area contributed by atoms with E-state index in [1.54, 1.807) is 12.1 Å². The van der Waals surface area contributed by atoms with Gasteiger partial charge in [-0.1, -0.05) is 72.8 Å². The minimum Gasteiger partial charge on any atom is -0.274 e. The molecule has 3 aromatic carbocycles. The number of hydrogen-bond acceptors (Lipinski definition) is 6. The molecular weight excluding hydrogens is 426 g/mol. The van der Waals surface area contributed by atoms with Gasteiger partial charge in [0, 0.05) is 12.0 Å². The minimum absolute atomic E-state index is 0.0174. The van der Waals surface area contributed by atoms with Gasteiger partial charge in [0.15, 0.2) is 0 Å². The molecule has 0 bridgehead atoms. The van der Waals surface area contributed by atoms with E-state index in [0.29, 0.717) is 18.8 Å². The number of aromatic nitrogens is 4. The highest BCUT2D eigenvalue weighted by Crippen LogP contribution is 2.21. The van der Waals surface area contributed by atoms with Gasteiger partial charge in [0.25, 0.3) is 10.0 Å². The molecule has 1 aromatic heterocycles. The van der Waals surface area contributed by atoms with Crippen molar-refractivity contribution in [3.8, 4) is 22.5 Å². The van der Waals surface area contributed by atoms with Crippen molar-refractivity contribution in [2.45, 2.75) is 24.3 Å². The molecule has 0 saturated carbocycles. The number of carbonyl (C=O) groups is 1. The summed E-state index contributed by atoms with van der Waals surface area (Å²) in [5.41, 5.74) is 2.73. The molecular formula is C23H21N5O3S. The topological polar surface area (TPSA) is 107 Å². The van der Waals surface area contributed by atoms with Crippen molar-refractivity contribution in [1.29, 1.82) is 0 Å². The summed E-state index contributed by atoms with van der Waals surface area (Å²) in [6.45, 7) is 0.346. The summed E-state index contributed by atoms with van der Waals surface area (Å²) in [5, 5.41) is 12.2. The molecule has 0 unspecified atom stereocenters. The van der Waals surface area contributed by atoms with Crippen molar-refractivity contribution in [3.05, 3.63) is 84.9 Å². The Morgan fingerprint density at radius 3 is 2.06 bits per heavy atom. The molecule has 1 amide bonds. The van der Waals surface area contributed by atoms with Crippen LogP contribution in [-0.4, -0.2) is 34.5 Å². The van der Waals surface area contributed by atoms with Crippen LogP contribution in [0, 0.1) is 0 Å². The van der Waals surface area contributed by atoms with Crippen LogP contribution < -0.4 is 4.72 Å². The fourth-order valence-electron chi connectivity index (χ4n) is 3.14. The summed E-state index contributed by atoms with van der Waals surface area (Å²) in [7, 11) is -3.94. The predicted octanol–water partition coefficient (Wildman–Crippen LogP) is 3.29. The molecule has 8 nitrogen and oxygen atoms in total. The van der Waals surface area contributed by atoms with Gasteiger partial charge >= 0.3 is 0 Å². The Morgan fingerprint density at radius 1 is 0.812 bits per heavy atom. The van der Waals surface area contributed by atoms with E-state index >= 15 is 0 Å². The maximum Gasteiger partial charge on any atom is 0.264 e. The molecule has 4 aromatic rings. The van der Waals surface area contributed by atoms with Crippen molar-refractivity contribution in [3.63, 3.8) is 0 Å². The van der Waals surface area contributed by atoms with Gasteiger partial charge in [-0.25, -0.2) is 13.1 Å². The smallest absolute Gasteiger partial charge is 0.264 e. The number of sulfonamides is 1. The summed E-state index contributed by atoms with van der Waals surface area (Å²) in [5.74, 6) is -0.0860. The lowest BCUT2D eigenvalue weighted by atomic mass is 10.1. The highest BCUT2D eigenvalue weighted by atomic mass is 32.2. The van der Waals surface area contributed by atoms with Gasteiger partial charge in [-0.3, -0.25) is 4.79 Å². The number of benzene rings is 3. The summed E-state index contributed by atoms with van der Waals surface area (Å²) >= 11 is 0. The van der Waals surface area contributed by atoms with E-state index in [1.165, 1.54) is 16.9 Å². The molecule has 1 heterocycles. The lowest BCUT2D eigenvalue weighted by Gasteiger charge is -2.08. The fourth-order valence-corrected chi connectivity index (χ4v) is 4.15. The third-order valence-corrected chi connectivity index (χ3v) is 6.16. The number of aryl methyl sites for hydroxylation is 1. The van der Waals surface area contributed by atoms with Gasteiger partial charge in [-0.05, 0) is 34.9 Å². The zero-order chi connectivity index (χ0) is 22.4. The molecule has 32 heavy (non-hydrogen) atoms. The minimum atomic E-state index is -3.94. The van der Waals surface area contributed by atoms with E-state index in [1.807, 2.05) is 60.7 Å². The SMILES string of the molecule is O=C(CCCn1nnc(-c2ccccc2)n1)NS(=O)(=O)c1ccc(-c2ccccc2)cc1. The molecule has 1 N–H and O–H groups in total. The van der Waals surface area contributed by atoms with Gasteiger partial charge in [0.05, 0.1) is 11.4 Å². The molecule has 0 aliphatic rings. The molecule has 0 aliphatic carbocycles. The Bertz CT molecular complexity index is 1290. The molecule has 0 saturated heterocycles. The van der Waals surface area contributed by atoms with E-state index < -0.39 is 15.9 Å². The third-order valence-electron chi connectivity index (χ3n) is 4.77. The van der Waals surface area contributed by atoms with E-state index in [4.69, 9.17) is 0 Å². The lowest BCUT2D eigenvalue weighted by Crippen LogP contribution is -2.30. The number of tetrazole rings is 1. The Hall–Kier alpha value is -3.85. The summed E-state index contributed by atoms with van der Waals surface area (Å²) in [6.07, 6.45) is 0.391. The standard InChI is InChI=1S/C23H21N5O3S/c29-22(12-7-17-28-25-23(24-27-28)20-10-5-2-6-11-20)26-32(30,31)21-15-13-19(14-16-21)18-8-3-1-4-9-18/h1-6,8-11,13-16H,7,12,17H2,(H,26,29). The maximum atomic E-state index is 12.5. The largest absolute Gasteiger partial charge is 0.274 e. The third kappa shape index (κ3) is 5.25. The molecule has 4 rings (SSSR count). The van der Waals surface area contributed by atoms with Gasteiger partial charge in [0.2, 0.25) is 11.7 Å². The number of rotatable bonds is 8. The van der Waals surface area contributed by atoms with Crippen molar-refractivity contribution in [2.75, 3.05) is 0 Å². The van der Waals surface area contributed by atoms with Gasteiger partial charge in [0.1, 0.15) is 0 Å². The second kappa shape index (κ2) is 9.52. The molecule has 162 valence electrons. The number of nitrogens with one attached hydrogen (secondary N) is 1. The fraction of sp³-hybridized carbons (Fsp3) is 0.130. The molecule has 0 radical (unpaired) electrons. The highest BCUT2D eigenvalue weighted by Gasteiger charge is 2.17. The quantitative estimate of drug-likeness (QED) is 0.444. The molecule has 0 atom stereocenters. The van der Waals surface area contributed by atoms with Crippen LogP contribution in [0.4, 0.5) is 0 Å². The van der Waals surface area contributed by atoms with E-state index in [9.17, 15) is 13.2 Å².